The molecule has 1 N–H and O–H groups in total. The molecule has 0 saturated carbocycles. The fraction of sp³-hybridized carbons (Fsp3) is 0.280. The third kappa shape index (κ3) is 3.20. The number of aromatic hydroxyl groups is 1. The summed E-state index contributed by atoms with van der Waals surface area (Å²) in [7, 11) is 0. The molecular formula is C25H24O5. The van der Waals surface area contributed by atoms with Crippen LogP contribution in [0.25, 0.3) is 28.2 Å². The summed E-state index contributed by atoms with van der Waals surface area (Å²) in [5.74, 6) is -0.468. The van der Waals surface area contributed by atoms with Crippen molar-refractivity contribution in [3.8, 4) is 22.6 Å². The van der Waals surface area contributed by atoms with Gasteiger partial charge in [0.15, 0.2) is 11.4 Å². The molecule has 0 unspecified atom stereocenters. The molecule has 0 fully saturated rings. The summed E-state index contributed by atoms with van der Waals surface area (Å²) in [5, 5.41) is 11.7. The highest BCUT2D eigenvalue weighted by Crippen LogP contribution is 2.48. The van der Waals surface area contributed by atoms with Crippen molar-refractivity contribution < 1.29 is 19.1 Å². The number of carbonyl (C=O) groups excluding carboxylic acids is 1. The van der Waals surface area contributed by atoms with Crippen molar-refractivity contribution in [3.05, 3.63) is 64.0 Å². The predicted molar refractivity (Wildman–Crippen MR) is 117 cm³/mol. The Kier molecular flexibility index (Phi) is 4.77. The van der Waals surface area contributed by atoms with E-state index >= 15 is 0 Å². The first-order chi connectivity index (χ1) is 14.2. The van der Waals surface area contributed by atoms with Gasteiger partial charge >= 0.3 is 5.63 Å². The van der Waals surface area contributed by atoms with Crippen LogP contribution in [0.4, 0.5) is 0 Å². The van der Waals surface area contributed by atoms with Gasteiger partial charge in [-0.1, -0.05) is 44.2 Å². The zero-order valence-electron chi connectivity index (χ0n) is 17.5. The van der Waals surface area contributed by atoms with Gasteiger partial charge in [0, 0.05) is 17.5 Å². The fourth-order valence-electron chi connectivity index (χ4n) is 3.73. The second-order valence-electron chi connectivity index (χ2n) is 8.23. The predicted octanol–water partition coefficient (Wildman–Crippen LogP) is 5.58. The van der Waals surface area contributed by atoms with E-state index in [1.807, 2.05) is 64.1 Å². The van der Waals surface area contributed by atoms with Gasteiger partial charge in [-0.2, -0.15) is 0 Å². The highest BCUT2D eigenvalue weighted by atomic mass is 16.5. The van der Waals surface area contributed by atoms with Gasteiger partial charge in [0.05, 0.1) is 10.9 Å². The summed E-state index contributed by atoms with van der Waals surface area (Å²) in [6.07, 6.45) is 4.27. The molecular weight excluding hydrogens is 380 g/mol. The lowest BCUT2D eigenvalue weighted by Gasteiger charge is -2.30. The number of phenolic OH excluding ortho intramolecular Hbond substituents is 1. The van der Waals surface area contributed by atoms with Crippen LogP contribution in [0, 0.1) is 5.92 Å². The number of carbonyl (C=O) groups is 1. The van der Waals surface area contributed by atoms with Crippen LogP contribution in [-0.4, -0.2) is 16.5 Å². The van der Waals surface area contributed by atoms with E-state index in [0.717, 1.165) is 5.56 Å². The molecule has 0 amide bonds. The van der Waals surface area contributed by atoms with Crippen LogP contribution in [0.3, 0.4) is 0 Å². The van der Waals surface area contributed by atoms with Crippen LogP contribution in [0.1, 0.15) is 50.0 Å². The molecule has 4 rings (SSSR count). The van der Waals surface area contributed by atoms with Gasteiger partial charge in [-0.25, -0.2) is 4.79 Å². The zero-order valence-corrected chi connectivity index (χ0v) is 17.5. The molecule has 154 valence electrons. The monoisotopic (exact) mass is 404 g/mol. The molecule has 30 heavy (non-hydrogen) atoms. The normalized spacial score (nSPS) is 15.5. The van der Waals surface area contributed by atoms with E-state index in [4.69, 9.17) is 9.15 Å². The molecule has 0 radical (unpaired) electrons. The lowest BCUT2D eigenvalue weighted by molar-refractivity contribution is 0.0911. The Hall–Kier alpha value is -3.34. The number of rotatable bonds is 4. The van der Waals surface area contributed by atoms with E-state index in [0.29, 0.717) is 22.9 Å². The summed E-state index contributed by atoms with van der Waals surface area (Å²) in [5.41, 5.74) is 0.879. The highest BCUT2D eigenvalue weighted by Gasteiger charge is 2.34. The molecule has 5 heteroatoms. The van der Waals surface area contributed by atoms with E-state index < -0.39 is 11.2 Å². The number of hydrogen-bond acceptors (Lipinski definition) is 5. The summed E-state index contributed by atoms with van der Waals surface area (Å²) < 4.78 is 11.6. The third-order valence-electron chi connectivity index (χ3n) is 5.56. The fourth-order valence-corrected chi connectivity index (χ4v) is 3.73. The summed E-state index contributed by atoms with van der Waals surface area (Å²) in [4.78, 5) is 25.7. The van der Waals surface area contributed by atoms with Gasteiger partial charge in [-0.3, -0.25) is 4.79 Å². The van der Waals surface area contributed by atoms with Crippen molar-refractivity contribution in [2.24, 2.45) is 5.92 Å². The average Bonchev–Trinajstić information content (AvgIpc) is 2.72. The molecule has 5 nitrogen and oxygen atoms in total. The third-order valence-corrected chi connectivity index (χ3v) is 5.56. The molecule has 1 aromatic heterocycles. The molecule has 1 aliphatic heterocycles. The Bertz CT molecular complexity index is 1230. The Morgan fingerprint density at radius 2 is 1.90 bits per heavy atom. The Balaban J connectivity index is 2.17. The first-order valence-electron chi connectivity index (χ1n) is 10.1. The maximum atomic E-state index is 13.3. The second-order valence-corrected chi connectivity index (χ2v) is 8.23. The first-order valence-corrected chi connectivity index (χ1v) is 10.1. The smallest absolute Gasteiger partial charge is 0.336 e. The molecule has 0 bridgehead atoms. The first kappa shape index (κ1) is 20.0. The lowest BCUT2D eigenvalue weighted by atomic mass is 9.88. The highest BCUT2D eigenvalue weighted by molar-refractivity contribution is 6.13. The van der Waals surface area contributed by atoms with Crippen molar-refractivity contribution in [2.75, 3.05) is 0 Å². The van der Waals surface area contributed by atoms with E-state index in [1.54, 1.807) is 6.08 Å². The van der Waals surface area contributed by atoms with Crippen molar-refractivity contribution in [3.63, 3.8) is 0 Å². The van der Waals surface area contributed by atoms with Gasteiger partial charge in [0.1, 0.15) is 22.7 Å². The minimum atomic E-state index is -0.672. The van der Waals surface area contributed by atoms with E-state index in [2.05, 4.69) is 0 Å². The minimum Gasteiger partial charge on any atom is -0.506 e. The lowest BCUT2D eigenvalue weighted by Crippen LogP contribution is -2.29. The second kappa shape index (κ2) is 7.17. The largest absolute Gasteiger partial charge is 0.506 e. The number of ketones is 1. The maximum Gasteiger partial charge on any atom is 0.336 e. The van der Waals surface area contributed by atoms with Gasteiger partial charge in [0.25, 0.3) is 0 Å². The Morgan fingerprint density at radius 3 is 2.57 bits per heavy atom. The molecule has 3 aromatic rings. The van der Waals surface area contributed by atoms with Gasteiger partial charge in [-0.15, -0.1) is 0 Å². The van der Waals surface area contributed by atoms with Crippen LogP contribution in [-0.2, 0) is 0 Å². The molecule has 0 spiro atoms. The quantitative estimate of drug-likeness (QED) is 0.454. The number of fused-ring (bicyclic) bond motifs is 3. The maximum absolute atomic E-state index is 13.3. The topological polar surface area (TPSA) is 76.7 Å². The molecule has 1 aliphatic rings. The van der Waals surface area contributed by atoms with Crippen molar-refractivity contribution in [2.45, 2.75) is 39.7 Å². The average molecular weight is 404 g/mol. The number of hydrogen-bond donors (Lipinski definition) is 1. The van der Waals surface area contributed by atoms with Crippen LogP contribution in [0.15, 0.2) is 51.7 Å². The van der Waals surface area contributed by atoms with Crippen LogP contribution in [0.5, 0.6) is 11.5 Å². The molecule has 2 aromatic carbocycles. The van der Waals surface area contributed by atoms with Gasteiger partial charge < -0.3 is 14.3 Å². The van der Waals surface area contributed by atoms with E-state index in [9.17, 15) is 14.7 Å². The number of phenols is 1. The van der Waals surface area contributed by atoms with Gasteiger partial charge in [-0.05, 0) is 38.0 Å². The number of benzene rings is 2. The van der Waals surface area contributed by atoms with E-state index in [1.165, 1.54) is 6.07 Å². The van der Waals surface area contributed by atoms with Crippen molar-refractivity contribution >= 4 is 22.8 Å². The standard InChI is InChI=1S/C25H24O5/c1-5-14(2)21(27)20-22(28)19-17(15-9-7-6-8-10-15)13-18(26)29-23(19)16-11-12-25(3,4)30-24(16)20/h6-14,28H,5H2,1-4H3/t14-/m0/s1. The molecule has 0 saturated heterocycles. The molecule has 1 atom stereocenters. The van der Waals surface area contributed by atoms with Crippen LogP contribution >= 0.6 is 0 Å². The number of ether oxygens (including phenoxy) is 1. The summed E-state index contributed by atoms with van der Waals surface area (Å²) in [6.45, 7) is 7.47. The SMILES string of the molecule is CC[C@H](C)C(=O)c1c2c(c3oc(=O)cc(-c4ccccc4)c3c1O)C=CC(C)(C)O2. The zero-order chi connectivity index (χ0) is 21.6. The van der Waals surface area contributed by atoms with Crippen molar-refractivity contribution in [1.82, 2.24) is 0 Å². The van der Waals surface area contributed by atoms with Crippen LogP contribution in [0.2, 0.25) is 0 Å². The van der Waals surface area contributed by atoms with E-state index in [-0.39, 0.29) is 34.3 Å². The molecule has 2 heterocycles. The Morgan fingerprint density at radius 1 is 1.20 bits per heavy atom. The van der Waals surface area contributed by atoms with Crippen LogP contribution < -0.4 is 10.4 Å². The summed E-state index contributed by atoms with van der Waals surface area (Å²) in [6, 6.07) is 10.6. The molecule has 0 aliphatic carbocycles. The number of Topliss-reactive ketones (excluding diaryl/α,β-unsaturated/α-hetero) is 1. The van der Waals surface area contributed by atoms with Crippen molar-refractivity contribution in [1.29, 1.82) is 0 Å². The van der Waals surface area contributed by atoms with Gasteiger partial charge in [0.2, 0.25) is 0 Å². The minimum absolute atomic E-state index is 0.135. The summed E-state index contributed by atoms with van der Waals surface area (Å²) >= 11 is 0. The Labute approximate surface area is 174 Å².